The molecule has 2 aromatic rings. The molecule has 9 heteroatoms. The molecule has 1 aromatic heterocycles. The quantitative estimate of drug-likeness (QED) is 0.824. The van der Waals surface area contributed by atoms with E-state index in [9.17, 15) is 18.8 Å². The van der Waals surface area contributed by atoms with Gasteiger partial charge in [0.1, 0.15) is 35.6 Å². The molecule has 1 atom stereocenters. The summed E-state index contributed by atoms with van der Waals surface area (Å²) in [7, 11) is 0. The topological polar surface area (TPSA) is 104 Å². The van der Waals surface area contributed by atoms with E-state index in [2.05, 4.69) is 15.3 Å². The second-order valence-corrected chi connectivity index (χ2v) is 5.78. The van der Waals surface area contributed by atoms with Gasteiger partial charge in [0.2, 0.25) is 5.91 Å². The van der Waals surface area contributed by atoms with Crippen LogP contribution in [0.3, 0.4) is 0 Å². The Bertz CT molecular complexity index is 881. The summed E-state index contributed by atoms with van der Waals surface area (Å²) in [6, 6.07) is 4.76. The third kappa shape index (κ3) is 3.71. The Morgan fingerprint density at radius 1 is 1.35 bits per heavy atom. The lowest BCUT2D eigenvalue weighted by atomic mass is 10.1. The van der Waals surface area contributed by atoms with Crippen LogP contribution >= 0.6 is 0 Å². The lowest BCUT2D eigenvalue weighted by Crippen LogP contribution is -2.56. The van der Waals surface area contributed by atoms with Crippen LogP contribution in [-0.4, -0.2) is 45.8 Å². The van der Waals surface area contributed by atoms with Gasteiger partial charge < -0.3 is 19.9 Å². The van der Waals surface area contributed by atoms with Gasteiger partial charge in [0.15, 0.2) is 0 Å². The average Bonchev–Trinajstić information content (AvgIpc) is 2.63. The number of rotatable bonds is 4. The molecule has 0 aliphatic carbocycles. The van der Waals surface area contributed by atoms with Crippen LogP contribution in [0.4, 0.5) is 4.39 Å². The van der Waals surface area contributed by atoms with Gasteiger partial charge in [0, 0.05) is 19.3 Å². The summed E-state index contributed by atoms with van der Waals surface area (Å²) < 4.78 is 18.3. The molecule has 1 aromatic carbocycles. The molecule has 0 bridgehead atoms. The van der Waals surface area contributed by atoms with E-state index in [1.807, 2.05) is 0 Å². The Kier molecular flexibility index (Phi) is 4.97. The van der Waals surface area contributed by atoms with Crippen LogP contribution < -0.4 is 15.6 Å². The number of nitrogens with one attached hydrogen (secondary N) is 2. The normalized spacial score (nSPS) is 16.9. The Balaban J connectivity index is 1.71. The van der Waals surface area contributed by atoms with Crippen LogP contribution in [-0.2, 0) is 11.4 Å². The smallest absolute Gasteiger partial charge is 0.263 e. The lowest BCUT2D eigenvalue weighted by molar-refractivity contribution is -0.127. The highest BCUT2D eigenvalue weighted by Gasteiger charge is 2.31. The molecule has 2 amide bonds. The van der Waals surface area contributed by atoms with E-state index >= 15 is 0 Å². The van der Waals surface area contributed by atoms with Gasteiger partial charge in [0.25, 0.3) is 11.5 Å². The average molecular weight is 360 g/mol. The van der Waals surface area contributed by atoms with E-state index in [4.69, 9.17) is 4.74 Å². The molecule has 0 radical (unpaired) electrons. The third-order valence-corrected chi connectivity index (χ3v) is 4.03. The maximum Gasteiger partial charge on any atom is 0.263 e. The largest absolute Gasteiger partial charge is 0.486 e. The molecular formula is C17H17FN4O4. The van der Waals surface area contributed by atoms with Gasteiger partial charge in [-0.3, -0.25) is 14.4 Å². The first-order valence-corrected chi connectivity index (χ1v) is 8.01. The molecule has 0 spiro atoms. The van der Waals surface area contributed by atoms with Crippen molar-refractivity contribution in [2.24, 2.45) is 0 Å². The Morgan fingerprint density at radius 2 is 2.08 bits per heavy atom. The summed E-state index contributed by atoms with van der Waals surface area (Å²) in [6.45, 7) is 2.21. The summed E-state index contributed by atoms with van der Waals surface area (Å²) >= 11 is 0. The van der Waals surface area contributed by atoms with E-state index in [1.165, 1.54) is 35.4 Å². The van der Waals surface area contributed by atoms with E-state index in [0.717, 1.165) is 0 Å². The zero-order valence-electron chi connectivity index (χ0n) is 14.0. The molecule has 8 nitrogen and oxygen atoms in total. The molecule has 1 aliphatic heterocycles. The van der Waals surface area contributed by atoms with Gasteiger partial charge >= 0.3 is 0 Å². The van der Waals surface area contributed by atoms with Crippen LogP contribution in [0.1, 0.15) is 23.1 Å². The molecule has 0 unspecified atom stereocenters. The number of nitrogens with zero attached hydrogens (tertiary/aromatic N) is 2. The van der Waals surface area contributed by atoms with Crippen LogP contribution in [0.5, 0.6) is 5.75 Å². The number of aromatic amines is 1. The van der Waals surface area contributed by atoms with Crippen molar-refractivity contribution >= 4 is 11.8 Å². The minimum atomic E-state index is -0.655. The second-order valence-electron chi connectivity index (χ2n) is 5.78. The number of aromatic nitrogens is 2. The number of hydrogen-bond donors (Lipinski definition) is 2. The highest BCUT2D eigenvalue weighted by Crippen LogP contribution is 2.12. The number of amides is 2. The molecule has 1 saturated heterocycles. The summed E-state index contributed by atoms with van der Waals surface area (Å²) in [5.74, 6) is -0.555. The van der Waals surface area contributed by atoms with Crippen molar-refractivity contribution < 1.29 is 18.7 Å². The van der Waals surface area contributed by atoms with Gasteiger partial charge in [-0.1, -0.05) is 0 Å². The number of H-pyrrole nitrogens is 1. The molecule has 1 fully saturated rings. The highest BCUT2D eigenvalue weighted by atomic mass is 19.1. The van der Waals surface area contributed by atoms with Gasteiger partial charge in [-0.15, -0.1) is 0 Å². The number of benzene rings is 1. The van der Waals surface area contributed by atoms with Crippen molar-refractivity contribution in [3.8, 4) is 5.75 Å². The fourth-order valence-corrected chi connectivity index (χ4v) is 2.55. The minimum Gasteiger partial charge on any atom is -0.486 e. The SMILES string of the molecule is C[C@@H]1C(=O)NCCN1C(=O)c1cnc(COc2ccc(F)cc2)[nH]c1=O. The van der Waals surface area contributed by atoms with Crippen molar-refractivity contribution in [1.29, 1.82) is 0 Å². The minimum absolute atomic E-state index is 0.0438. The number of hydrogen-bond acceptors (Lipinski definition) is 5. The zero-order valence-corrected chi connectivity index (χ0v) is 14.0. The number of ether oxygens (including phenoxy) is 1. The zero-order chi connectivity index (χ0) is 18.7. The van der Waals surface area contributed by atoms with E-state index in [-0.39, 0.29) is 29.7 Å². The van der Waals surface area contributed by atoms with Crippen molar-refractivity contribution in [2.45, 2.75) is 19.6 Å². The third-order valence-electron chi connectivity index (χ3n) is 4.03. The second kappa shape index (κ2) is 7.34. The van der Waals surface area contributed by atoms with Crippen molar-refractivity contribution in [3.05, 3.63) is 58.0 Å². The van der Waals surface area contributed by atoms with Gasteiger partial charge in [-0.05, 0) is 31.2 Å². The van der Waals surface area contributed by atoms with Gasteiger partial charge in [-0.25, -0.2) is 9.37 Å². The van der Waals surface area contributed by atoms with Crippen molar-refractivity contribution in [2.75, 3.05) is 13.1 Å². The molecule has 136 valence electrons. The van der Waals surface area contributed by atoms with Crippen LogP contribution in [0, 0.1) is 5.82 Å². The summed E-state index contributed by atoms with van der Waals surface area (Å²) in [5.41, 5.74) is -0.752. The predicted octanol–water partition coefficient (Wildman–Crippen LogP) is 0.448. The Hall–Kier alpha value is -3.23. The Morgan fingerprint density at radius 3 is 2.77 bits per heavy atom. The molecule has 2 heterocycles. The monoisotopic (exact) mass is 360 g/mol. The van der Waals surface area contributed by atoms with Crippen LogP contribution in [0.15, 0.2) is 35.3 Å². The molecule has 0 saturated carbocycles. The molecule has 26 heavy (non-hydrogen) atoms. The maximum absolute atomic E-state index is 12.9. The summed E-state index contributed by atoms with van der Waals surface area (Å²) in [5, 5.41) is 2.65. The Labute approximate surface area is 148 Å². The maximum atomic E-state index is 12.9. The van der Waals surface area contributed by atoms with Crippen LogP contribution in [0.2, 0.25) is 0 Å². The van der Waals surface area contributed by atoms with Gasteiger partial charge in [0.05, 0.1) is 0 Å². The van der Waals surface area contributed by atoms with E-state index in [1.54, 1.807) is 6.92 Å². The highest BCUT2D eigenvalue weighted by molar-refractivity contribution is 5.97. The van der Waals surface area contributed by atoms with E-state index < -0.39 is 17.5 Å². The first-order valence-electron chi connectivity index (χ1n) is 8.01. The summed E-state index contributed by atoms with van der Waals surface area (Å²) in [6.07, 6.45) is 1.17. The van der Waals surface area contributed by atoms with Crippen molar-refractivity contribution in [3.63, 3.8) is 0 Å². The van der Waals surface area contributed by atoms with Gasteiger partial charge in [-0.2, -0.15) is 0 Å². The van der Waals surface area contributed by atoms with Crippen LogP contribution in [0.25, 0.3) is 0 Å². The fourth-order valence-electron chi connectivity index (χ4n) is 2.55. The molecule has 2 N–H and O–H groups in total. The van der Waals surface area contributed by atoms with E-state index in [0.29, 0.717) is 18.8 Å². The molecular weight excluding hydrogens is 343 g/mol. The van der Waals surface area contributed by atoms with Crippen molar-refractivity contribution in [1.82, 2.24) is 20.2 Å². The summed E-state index contributed by atoms with van der Waals surface area (Å²) in [4.78, 5) is 44.3. The number of carbonyl (C=O) groups excluding carboxylic acids is 2. The number of carbonyl (C=O) groups is 2. The molecule has 3 rings (SSSR count). The first kappa shape index (κ1) is 17.6. The fraction of sp³-hybridized carbons (Fsp3) is 0.294. The number of halogens is 1. The first-order chi connectivity index (χ1) is 12.5. The molecule has 1 aliphatic rings. The lowest BCUT2D eigenvalue weighted by Gasteiger charge is -2.32. The number of piperazine rings is 1. The standard InChI is InChI=1S/C17H17FN4O4/c1-10-15(23)19-6-7-22(10)17(25)13-8-20-14(21-16(13)24)9-26-12-4-2-11(18)3-5-12/h2-5,8,10H,6-7,9H2,1H3,(H,19,23)(H,20,21,24)/t10-/m1/s1. The predicted molar refractivity (Wildman–Crippen MR) is 89.1 cm³/mol.